The van der Waals surface area contributed by atoms with Gasteiger partial charge in [0.2, 0.25) is 0 Å². The summed E-state index contributed by atoms with van der Waals surface area (Å²) in [6.07, 6.45) is 0. The smallest absolute Gasteiger partial charge is 0.265 e. The Morgan fingerprint density at radius 1 is 1.10 bits per heavy atom. The van der Waals surface area contributed by atoms with Crippen LogP contribution in [0.15, 0.2) is 40.2 Å². The number of quaternary nitrogens is 1. The number of nitrogens with zero attached hydrogens (tertiary/aromatic N) is 1. The number of carbonyl (C=O) groups excluding carboxylic acids is 2. The van der Waals surface area contributed by atoms with E-state index in [9.17, 15) is 9.59 Å². The first-order valence-electron chi connectivity index (χ1n) is 6.57. The fourth-order valence-electron chi connectivity index (χ4n) is 2.45. The van der Waals surface area contributed by atoms with E-state index in [0.29, 0.717) is 17.8 Å². The number of halogens is 1. The fraction of sp³-hybridized carbons (Fsp3) is 0.200. The molecule has 0 spiro atoms. The van der Waals surface area contributed by atoms with Gasteiger partial charge in [-0.2, -0.15) is 0 Å². The molecule has 6 heteroatoms. The van der Waals surface area contributed by atoms with Crippen LogP contribution in [0.4, 0.5) is 0 Å². The third kappa shape index (κ3) is 2.79. The third-order valence-corrected chi connectivity index (χ3v) is 5.03. The van der Waals surface area contributed by atoms with Gasteiger partial charge >= 0.3 is 0 Å². The summed E-state index contributed by atoms with van der Waals surface area (Å²) in [5, 5.41) is 0. The minimum absolute atomic E-state index is 0.192. The molecule has 1 unspecified atom stereocenters. The quantitative estimate of drug-likeness (QED) is 0.839. The Morgan fingerprint density at radius 2 is 1.71 bits per heavy atom. The minimum atomic E-state index is -0.192. The van der Waals surface area contributed by atoms with Gasteiger partial charge in [0, 0.05) is 0 Å². The first-order chi connectivity index (χ1) is 10.1. The van der Waals surface area contributed by atoms with Crippen molar-refractivity contribution in [1.29, 1.82) is 0 Å². The van der Waals surface area contributed by atoms with Crippen molar-refractivity contribution in [2.75, 3.05) is 13.7 Å². The molecular formula is C15H14BrN2O2S+. The van der Waals surface area contributed by atoms with Gasteiger partial charge in [0.15, 0.2) is 6.67 Å². The lowest BCUT2D eigenvalue weighted by molar-refractivity contribution is -0.900. The summed E-state index contributed by atoms with van der Waals surface area (Å²) in [6, 6.07) is 11.1. The lowest BCUT2D eigenvalue weighted by Crippen LogP contribution is -3.09. The summed E-state index contributed by atoms with van der Waals surface area (Å²) in [5.74, 6) is -0.385. The lowest BCUT2D eigenvalue weighted by Gasteiger charge is -2.19. The second kappa shape index (κ2) is 5.71. The number of amides is 2. The zero-order chi connectivity index (χ0) is 15.0. The number of carbonyl (C=O) groups is 2. The van der Waals surface area contributed by atoms with Crippen LogP contribution in [0, 0.1) is 0 Å². The molecule has 1 aliphatic rings. The molecule has 4 nitrogen and oxygen atoms in total. The molecule has 0 bridgehead atoms. The Morgan fingerprint density at radius 3 is 2.24 bits per heavy atom. The summed E-state index contributed by atoms with van der Waals surface area (Å²) in [6.45, 7) is 1.16. The molecule has 21 heavy (non-hydrogen) atoms. The van der Waals surface area contributed by atoms with E-state index >= 15 is 0 Å². The molecule has 1 aromatic heterocycles. The van der Waals surface area contributed by atoms with Crippen molar-refractivity contribution in [3.8, 4) is 0 Å². The summed E-state index contributed by atoms with van der Waals surface area (Å²) in [7, 11) is 1.98. The minimum Gasteiger partial charge on any atom is -0.315 e. The maximum Gasteiger partial charge on any atom is 0.265 e. The molecule has 0 saturated heterocycles. The van der Waals surface area contributed by atoms with Gasteiger partial charge in [0.25, 0.3) is 11.8 Å². The maximum absolute atomic E-state index is 12.3. The number of imide groups is 1. The van der Waals surface area contributed by atoms with Crippen molar-refractivity contribution in [1.82, 2.24) is 4.90 Å². The fourth-order valence-corrected chi connectivity index (χ4v) is 4.05. The molecule has 1 N–H and O–H groups in total. The van der Waals surface area contributed by atoms with Gasteiger partial charge in [-0.1, -0.05) is 12.1 Å². The van der Waals surface area contributed by atoms with E-state index < -0.39 is 0 Å². The van der Waals surface area contributed by atoms with E-state index in [1.165, 1.54) is 9.78 Å². The number of hydrogen-bond donors (Lipinski definition) is 1. The molecular weight excluding hydrogens is 352 g/mol. The second-order valence-corrected chi connectivity index (χ2v) is 7.63. The lowest BCUT2D eigenvalue weighted by atomic mass is 10.1. The Bertz CT molecular complexity index is 678. The van der Waals surface area contributed by atoms with Gasteiger partial charge in [0.05, 0.1) is 26.8 Å². The van der Waals surface area contributed by atoms with Crippen LogP contribution < -0.4 is 4.90 Å². The number of thiophene rings is 1. The van der Waals surface area contributed by atoms with E-state index in [-0.39, 0.29) is 11.8 Å². The topological polar surface area (TPSA) is 41.8 Å². The molecule has 2 amide bonds. The van der Waals surface area contributed by atoms with Gasteiger partial charge in [-0.25, -0.2) is 4.90 Å². The molecule has 0 fully saturated rings. The van der Waals surface area contributed by atoms with Crippen molar-refractivity contribution in [2.24, 2.45) is 0 Å². The van der Waals surface area contributed by atoms with Crippen molar-refractivity contribution in [3.63, 3.8) is 0 Å². The van der Waals surface area contributed by atoms with Crippen LogP contribution in [0.1, 0.15) is 25.6 Å². The van der Waals surface area contributed by atoms with Crippen LogP contribution in [0.25, 0.3) is 0 Å². The van der Waals surface area contributed by atoms with Crippen LogP contribution in [0.3, 0.4) is 0 Å². The normalized spacial score (nSPS) is 15.4. The highest BCUT2D eigenvalue weighted by Gasteiger charge is 2.36. The van der Waals surface area contributed by atoms with Gasteiger partial charge < -0.3 is 4.90 Å². The Labute approximate surface area is 135 Å². The summed E-state index contributed by atoms with van der Waals surface area (Å²) < 4.78 is 1.09. The van der Waals surface area contributed by atoms with Crippen LogP contribution in [0.2, 0.25) is 0 Å². The molecule has 2 heterocycles. The highest BCUT2D eigenvalue weighted by Crippen LogP contribution is 2.22. The molecule has 1 aromatic carbocycles. The summed E-state index contributed by atoms with van der Waals surface area (Å²) in [5.41, 5.74) is 1.02. The molecule has 0 radical (unpaired) electrons. The van der Waals surface area contributed by atoms with Crippen molar-refractivity contribution < 1.29 is 14.5 Å². The van der Waals surface area contributed by atoms with Crippen LogP contribution in [-0.2, 0) is 6.54 Å². The number of benzene rings is 1. The first kappa shape index (κ1) is 14.4. The average molecular weight is 366 g/mol. The zero-order valence-corrected chi connectivity index (χ0v) is 13.8. The Hall–Kier alpha value is -1.50. The number of nitrogens with one attached hydrogen (secondary N) is 1. The molecule has 3 rings (SSSR count). The van der Waals surface area contributed by atoms with E-state index in [1.54, 1.807) is 35.6 Å². The Balaban J connectivity index is 1.71. The first-order valence-corrected chi connectivity index (χ1v) is 8.18. The van der Waals surface area contributed by atoms with Crippen LogP contribution in [0.5, 0.6) is 0 Å². The van der Waals surface area contributed by atoms with Crippen LogP contribution in [-0.4, -0.2) is 30.4 Å². The number of rotatable bonds is 4. The number of fused-ring (bicyclic) bond motifs is 1. The number of hydrogen-bond acceptors (Lipinski definition) is 3. The predicted molar refractivity (Wildman–Crippen MR) is 84.4 cm³/mol. The summed E-state index contributed by atoms with van der Waals surface area (Å²) in [4.78, 5) is 28.2. The monoisotopic (exact) mass is 365 g/mol. The largest absolute Gasteiger partial charge is 0.315 e. The highest BCUT2D eigenvalue weighted by atomic mass is 79.9. The molecule has 0 aliphatic carbocycles. The molecule has 2 aromatic rings. The van der Waals surface area contributed by atoms with Gasteiger partial charge in [-0.3, -0.25) is 9.59 Å². The zero-order valence-electron chi connectivity index (χ0n) is 11.4. The van der Waals surface area contributed by atoms with Crippen molar-refractivity contribution in [3.05, 3.63) is 56.2 Å². The SMILES string of the molecule is C[NH+](Cc1ccc(Br)s1)CN1C(=O)c2ccccc2C1=O. The average Bonchev–Trinajstić information content (AvgIpc) is 2.97. The van der Waals surface area contributed by atoms with Crippen molar-refractivity contribution >= 4 is 39.1 Å². The third-order valence-electron chi connectivity index (χ3n) is 3.41. The molecule has 1 atom stereocenters. The molecule has 0 saturated carbocycles. The van der Waals surface area contributed by atoms with E-state index in [2.05, 4.69) is 22.0 Å². The predicted octanol–water partition coefficient (Wildman–Crippen LogP) is 1.78. The van der Waals surface area contributed by atoms with Crippen LogP contribution >= 0.6 is 27.3 Å². The Kier molecular flexibility index (Phi) is 3.93. The summed E-state index contributed by atoms with van der Waals surface area (Å²) >= 11 is 5.11. The second-order valence-electron chi connectivity index (χ2n) is 5.08. The highest BCUT2D eigenvalue weighted by molar-refractivity contribution is 9.11. The molecule has 1 aliphatic heterocycles. The van der Waals surface area contributed by atoms with E-state index in [0.717, 1.165) is 15.2 Å². The van der Waals surface area contributed by atoms with Gasteiger partial charge in [-0.05, 0) is 40.2 Å². The van der Waals surface area contributed by atoms with Crippen molar-refractivity contribution in [2.45, 2.75) is 6.54 Å². The van der Waals surface area contributed by atoms with Gasteiger partial charge in [-0.15, -0.1) is 11.3 Å². The molecule has 108 valence electrons. The van der Waals surface area contributed by atoms with E-state index in [4.69, 9.17) is 0 Å². The maximum atomic E-state index is 12.3. The van der Waals surface area contributed by atoms with E-state index in [1.807, 2.05) is 13.1 Å². The standard InChI is InChI=1S/C15H13BrN2O2S/c1-17(8-10-6-7-13(16)21-10)9-18-14(19)11-4-2-3-5-12(11)15(18)20/h2-7H,8-9H2,1H3/p+1. The van der Waals surface area contributed by atoms with Gasteiger partial charge in [0.1, 0.15) is 6.54 Å².